The molecular formula is C20H19N3O3. The zero-order valence-electron chi connectivity index (χ0n) is 14.5. The van der Waals surface area contributed by atoms with Crippen LogP contribution in [-0.2, 0) is 4.79 Å². The zero-order chi connectivity index (χ0) is 17.9. The summed E-state index contributed by atoms with van der Waals surface area (Å²) in [7, 11) is 0. The van der Waals surface area contributed by atoms with E-state index in [-0.39, 0.29) is 11.8 Å². The van der Waals surface area contributed by atoms with E-state index < -0.39 is 0 Å². The van der Waals surface area contributed by atoms with E-state index in [4.69, 9.17) is 9.26 Å². The minimum atomic E-state index is -0.0981. The van der Waals surface area contributed by atoms with E-state index in [1.807, 2.05) is 61.5 Å². The quantitative estimate of drug-likeness (QED) is 0.703. The summed E-state index contributed by atoms with van der Waals surface area (Å²) < 4.78 is 10.9. The van der Waals surface area contributed by atoms with Crippen LogP contribution in [0, 0.1) is 0 Å². The van der Waals surface area contributed by atoms with Gasteiger partial charge < -0.3 is 14.2 Å². The lowest BCUT2D eigenvalue weighted by Gasteiger charge is -2.16. The van der Waals surface area contributed by atoms with Gasteiger partial charge >= 0.3 is 0 Å². The fraction of sp³-hybridized carbons (Fsp3) is 0.250. The molecular weight excluding hydrogens is 330 g/mol. The Hall–Kier alpha value is -3.15. The number of carbonyl (C=O) groups excluding carboxylic acids is 1. The molecule has 0 saturated carbocycles. The van der Waals surface area contributed by atoms with Gasteiger partial charge in [0.05, 0.1) is 12.5 Å². The van der Waals surface area contributed by atoms with Crippen molar-refractivity contribution in [1.29, 1.82) is 0 Å². The number of carbonyl (C=O) groups is 1. The highest BCUT2D eigenvalue weighted by atomic mass is 16.5. The topological polar surface area (TPSA) is 68.5 Å². The molecule has 1 aliphatic rings. The number of hydrogen-bond acceptors (Lipinski definition) is 5. The molecule has 0 spiro atoms. The molecule has 1 fully saturated rings. The number of amides is 1. The van der Waals surface area contributed by atoms with E-state index in [9.17, 15) is 4.79 Å². The molecule has 1 aliphatic heterocycles. The van der Waals surface area contributed by atoms with Crippen LogP contribution in [0.25, 0.3) is 11.4 Å². The number of benzene rings is 2. The van der Waals surface area contributed by atoms with Gasteiger partial charge in [-0.15, -0.1) is 0 Å². The van der Waals surface area contributed by atoms with Gasteiger partial charge in [-0.3, -0.25) is 4.79 Å². The molecule has 6 nitrogen and oxygen atoms in total. The maximum absolute atomic E-state index is 12.5. The Labute approximate surface area is 151 Å². The predicted octanol–water partition coefficient (Wildman–Crippen LogP) is 3.66. The first kappa shape index (κ1) is 16.3. The molecule has 1 atom stereocenters. The first-order chi connectivity index (χ1) is 12.7. The fourth-order valence-corrected chi connectivity index (χ4v) is 3.12. The average Bonchev–Trinajstić information content (AvgIpc) is 3.30. The minimum absolute atomic E-state index is 0.0543. The molecule has 0 radical (unpaired) electrons. The lowest BCUT2D eigenvalue weighted by atomic mass is 10.1. The maximum Gasteiger partial charge on any atom is 0.232 e. The minimum Gasteiger partial charge on any atom is -0.494 e. The SMILES string of the molecule is CCOc1ccc(N2C[C@H](c3nc(-c4ccccc4)no3)CC2=O)cc1. The summed E-state index contributed by atoms with van der Waals surface area (Å²) in [5, 5.41) is 4.05. The molecule has 2 heterocycles. The van der Waals surface area contributed by atoms with Crippen molar-refractivity contribution in [2.45, 2.75) is 19.3 Å². The van der Waals surface area contributed by atoms with Crippen molar-refractivity contribution in [2.24, 2.45) is 0 Å². The Balaban J connectivity index is 1.50. The van der Waals surface area contributed by atoms with E-state index in [0.717, 1.165) is 17.0 Å². The van der Waals surface area contributed by atoms with Crippen LogP contribution < -0.4 is 9.64 Å². The van der Waals surface area contributed by atoms with Crippen molar-refractivity contribution in [1.82, 2.24) is 10.1 Å². The molecule has 0 aliphatic carbocycles. The standard InChI is InChI=1S/C20H19N3O3/c1-2-25-17-10-8-16(9-11-17)23-13-15(12-18(23)24)20-21-19(22-26-20)14-6-4-3-5-7-14/h3-11,15H,2,12-13H2,1H3/t15-/m1/s1. The smallest absolute Gasteiger partial charge is 0.232 e. The van der Waals surface area contributed by atoms with Crippen molar-refractivity contribution in [2.75, 3.05) is 18.1 Å². The van der Waals surface area contributed by atoms with Crippen LogP contribution in [0.15, 0.2) is 59.1 Å². The number of rotatable bonds is 5. The Morgan fingerprint density at radius 2 is 1.92 bits per heavy atom. The summed E-state index contributed by atoms with van der Waals surface area (Å²) in [4.78, 5) is 18.7. The summed E-state index contributed by atoms with van der Waals surface area (Å²) in [6.45, 7) is 3.09. The van der Waals surface area contributed by atoms with Gasteiger partial charge in [-0.05, 0) is 31.2 Å². The summed E-state index contributed by atoms with van der Waals surface area (Å²) >= 11 is 0. The van der Waals surface area contributed by atoms with Crippen molar-refractivity contribution >= 4 is 11.6 Å². The third-order valence-electron chi connectivity index (χ3n) is 4.41. The first-order valence-electron chi connectivity index (χ1n) is 8.67. The number of hydrogen-bond donors (Lipinski definition) is 0. The molecule has 1 aromatic heterocycles. The molecule has 4 rings (SSSR count). The second-order valence-electron chi connectivity index (χ2n) is 6.15. The Morgan fingerprint density at radius 3 is 2.65 bits per heavy atom. The van der Waals surface area contributed by atoms with Gasteiger partial charge in [0.15, 0.2) is 0 Å². The van der Waals surface area contributed by atoms with E-state index in [2.05, 4.69) is 10.1 Å². The largest absolute Gasteiger partial charge is 0.494 e. The number of ether oxygens (including phenoxy) is 1. The van der Waals surface area contributed by atoms with Gasteiger partial charge in [-0.1, -0.05) is 35.5 Å². The van der Waals surface area contributed by atoms with Crippen LogP contribution in [0.3, 0.4) is 0 Å². The first-order valence-corrected chi connectivity index (χ1v) is 8.67. The summed E-state index contributed by atoms with van der Waals surface area (Å²) in [6.07, 6.45) is 0.365. The Bertz CT molecular complexity index is 890. The van der Waals surface area contributed by atoms with E-state index in [1.54, 1.807) is 4.90 Å². The highest BCUT2D eigenvalue weighted by Crippen LogP contribution is 2.32. The number of anilines is 1. The van der Waals surface area contributed by atoms with Gasteiger partial charge in [0.2, 0.25) is 17.6 Å². The molecule has 1 amide bonds. The molecule has 2 aromatic carbocycles. The Morgan fingerprint density at radius 1 is 1.15 bits per heavy atom. The number of aromatic nitrogens is 2. The van der Waals surface area contributed by atoms with Crippen LogP contribution >= 0.6 is 0 Å². The molecule has 6 heteroatoms. The second kappa shape index (κ2) is 7.00. The highest BCUT2D eigenvalue weighted by Gasteiger charge is 2.35. The third kappa shape index (κ3) is 3.18. The van der Waals surface area contributed by atoms with Gasteiger partial charge in [0, 0.05) is 24.2 Å². The molecule has 132 valence electrons. The number of nitrogens with zero attached hydrogens (tertiary/aromatic N) is 3. The van der Waals surface area contributed by atoms with Crippen molar-refractivity contribution in [3.8, 4) is 17.1 Å². The van der Waals surface area contributed by atoms with Crippen molar-refractivity contribution < 1.29 is 14.1 Å². The fourth-order valence-electron chi connectivity index (χ4n) is 3.12. The molecule has 26 heavy (non-hydrogen) atoms. The summed E-state index contributed by atoms with van der Waals surface area (Å²) in [6, 6.07) is 17.2. The lowest BCUT2D eigenvalue weighted by molar-refractivity contribution is -0.117. The van der Waals surface area contributed by atoms with Crippen molar-refractivity contribution in [3.05, 3.63) is 60.5 Å². The molecule has 0 N–H and O–H groups in total. The van der Waals surface area contributed by atoms with Crippen molar-refractivity contribution in [3.63, 3.8) is 0 Å². The maximum atomic E-state index is 12.5. The van der Waals surface area contributed by atoms with Crippen LogP contribution in [0.4, 0.5) is 5.69 Å². The molecule has 0 bridgehead atoms. The van der Waals surface area contributed by atoms with Crippen LogP contribution in [0.5, 0.6) is 5.75 Å². The van der Waals surface area contributed by atoms with Crippen LogP contribution in [0.1, 0.15) is 25.2 Å². The molecule has 3 aromatic rings. The van der Waals surface area contributed by atoms with E-state index >= 15 is 0 Å². The average molecular weight is 349 g/mol. The van der Waals surface area contributed by atoms with E-state index in [1.165, 1.54) is 0 Å². The van der Waals surface area contributed by atoms with Crippen LogP contribution in [-0.4, -0.2) is 29.2 Å². The van der Waals surface area contributed by atoms with E-state index in [0.29, 0.717) is 31.3 Å². The summed E-state index contributed by atoms with van der Waals surface area (Å²) in [5.74, 6) is 1.81. The predicted molar refractivity (Wildman–Crippen MR) is 97.1 cm³/mol. The van der Waals surface area contributed by atoms with Gasteiger partial charge in [-0.2, -0.15) is 4.98 Å². The Kier molecular flexibility index (Phi) is 4.39. The van der Waals surface area contributed by atoms with Gasteiger partial charge in [-0.25, -0.2) is 0 Å². The normalized spacial score (nSPS) is 16.9. The molecule has 0 unspecified atom stereocenters. The third-order valence-corrected chi connectivity index (χ3v) is 4.41. The van der Waals surface area contributed by atoms with Crippen LogP contribution in [0.2, 0.25) is 0 Å². The second-order valence-corrected chi connectivity index (χ2v) is 6.15. The summed E-state index contributed by atoms with van der Waals surface area (Å²) in [5.41, 5.74) is 1.75. The lowest BCUT2D eigenvalue weighted by Crippen LogP contribution is -2.24. The monoisotopic (exact) mass is 349 g/mol. The van der Waals surface area contributed by atoms with Gasteiger partial charge in [0.1, 0.15) is 5.75 Å². The molecule has 1 saturated heterocycles. The highest BCUT2D eigenvalue weighted by molar-refractivity contribution is 5.96. The van der Waals surface area contributed by atoms with Gasteiger partial charge in [0.25, 0.3) is 0 Å². The zero-order valence-corrected chi connectivity index (χ0v) is 14.5.